The number of nitrogens with one attached hydrogen (secondary N) is 2. The average Bonchev–Trinajstić information content (AvgIpc) is 2.39. The van der Waals surface area contributed by atoms with Crippen LogP contribution in [0.15, 0.2) is 24.3 Å². The highest BCUT2D eigenvalue weighted by molar-refractivity contribution is 6.04. The number of anilines is 1. The van der Waals surface area contributed by atoms with Gasteiger partial charge in [-0.25, -0.2) is 0 Å². The summed E-state index contributed by atoms with van der Waals surface area (Å²) >= 11 is 0. The molecule has 0 bridgehead atoms. The maximum Gasteiger partial charge on any atom is 0.250 e. The number of nitrogens with two attached hydrogens (primary N) is 1. The Hall–Kier alpha value is -1.88. The van der Waals surface area contributed by atoms with E-state index >= 15 is 0 Å². The van der Waals surface area contributed by atoms with E-state index in [2.05, 4.69) is 17.6 Å². The standard InChI is InChI=1S/C14H19N3O2/c1-9-5-4-8-16-12(9)14(19)17-11-7-3-2-6-10(11)13(15)18/h2-3,6-7,9,12,16H,4-5,8H2,1H3,(H2,15,18)(H,17,19). The first kappa shape index (κ1) is 13.5. The number of hydrogen-bond donors (Lipinski definition) is 3. The summed E-state index contributed by atoms with van der Waals surface area (Å²) in [7, 11) is 0. The van der Waals surface area contributed by atoms with Crippen molar-refractivity contribution in [2.45, 2.75) is 25.8 Å². The van der Waals surface area contributed by atoms with Crippen molar-refractivity contribution in [2.75, 3.05) is 11.9 Å². The van der Waals surface area contributed by atoms with Gasteiger partial charge < -0.3 is 16.4 Å². The first-order chi connectivity index (χ1) is 9.09. The van der Waals surface area contributed by atoms with Crippen LogP contribution in [0.5, 0.6) is 0 Å². The topological polar surface area (TPSA) is 84.2 Å². The summed E-state index contributed by atoms with van der Waals surface area (Å²) in [6, 6.07) is 6.56. The summed E-state index contributed by atoms with van der Waals surface area (Å²) in [5.41, 5.74) is 6.09. The molecule has 2 unspecified atom stereocenters. The minimum Gasteiger partial charge on any atom is -0.366 e. The number of amides is 2. The lowest BCUT2D eigenvalue weighted by Crippen LogP contribution is -2.48. The van der Waals surface area contributed by atoms with E-state index in [1.165, 1.54) is 0 Å². The lowest BCUT2D eigenvalue weighted by Gasteiger charge is -2.29. The van der Waals surface area contributed by atoms with Gasteiger partial charge in [-0.15, -0.1) is 0 Å². The molecule has 19 heavy (non-hydrogen) atoms. The van der Waals surface area contributed by atoms with Crippen molar-refractivity contribution in [1.82, 2.24) is 5.32 Å². The van der Waals surface area contributed by atoms with Crippen LogP contribution in [0.1, 0.15) is 30.1 Å². The van der Waals surface area contributed by atoms with Crippen molar-refractivity contribution in [2.24, 2.45) is 11.7 Å². The molecule has 2 amide bonds. The minimum absolute atomic E-state index is 0.110. The zero-order chi connectivity index (χ0) is 13.8. The highest BCUT2D eigenvalue weighted by Gasteiger charge is 2.27. The Balaban J connectivity index is 2.12. The van der Waals surface area contributed by atoms with Crippen LogP contribution in [0, 0.1) is 5.92 Å². The van der Waals surface area contributed by atoms with Crippen LogP contribution in [-0.4, -0.2) is 24.4 Å². The first-order valence-electron chi connectivity index (χ1n) is 6.52. The number of benzene rings is 1. The third kappa shape index (κ3) is 3.12. The first-order valence-corrected chi connectivity index (χ1v) is 6.52. The maximum atomic E-state index is 12.2. The van der Waals surface area contributed by atoms with Crippen LogP contribution in [0.3, 0.4) is 0 Å². The molecule has 5 nitrogen and oxygen atoms in total. The average molecular weight is 261 g/mol. The van der Waals surface area contributed by atoms with Gasteiger partial charge in [0.1, 0.15) is 0 Å². The third-order valence-corrected chi connectivity index (χ3v) is 3.50. The molecule has 2 rings (SSSR count). The zero-order valence-corrected chi connectivity index (χ0v) is 11.0. The molecule has 1 saturated heterocycles. The lowest BCUT2D eigenvalue weighted by molar-refractivity contribution is -0.119. The van der Waals surface area contributed by atoms with E-state index in [0.29, 0.717) is 11.3 Å². The fourth-order valence-electron chi connectivity index (χ4n) is 2.42. The summed E-state index contributed by atoms with van der Waals surface area (Å²) in [5.74, 6) is -0.365. The summed E-state index contributed by atoms with van der Waals surface area (Å²) in [6.45, 7) is 2.90. The molecule has 0 spiro atoms. The smallest absolute Gasteiger partial charge is 0.250 e. The molecule has 0 radical (unpaired) electrons. The Morgan fingerprint density at radius 1 is 1.37 bits per heavy atom. The van der Waals surface area contributed by atoms with Crippen LogP contribution in [0.2, 0.25) is 0 Å². The molecule has 0 aliphatic carbocycles. The second-order valence-electron chi connectivity index (χ2n) is 4.95. The molecule has 1 aliphatic heterocycles. The zero-order valence-electron chi connectivity index (χ0n) is 11.0. The largest absolute Gasteiger partial charge is 0.366 e. The van der Waals surface area contributed by atoms with Gasteiger partial charge in [-0.05, 0) is 37.4 Å². The Labute approximate surface area is 112 Å². The van der Waals surface area contributed by atoms with Gasteiger partial charge in [0.15, 0.2) is 0 Å². The summed E-state index contributed by atoms with van der Waals surface area (Å²) in [4.78, 5) is 23.5. The van der Waals surface area contributed by atoms with Crippen LogP contribution < -0.4 is 16.4 Å². The van der Waals surface area contributed by atoms with Crippen molar-refractivity contribution < 1.29 is 9.59 Å². The quantitative estimate of drug-likeness (QED) is 0.762. The Morgan fingerprint density at radius 2 is 2.11 bits per heavy atom. The van der Waals surface area contributed by atoms with Crippen molar-refractivity contribution >= 4 is 17.5 Å². The number of hydrogen-bond acceptors (Lipinski definition) is 3. The van der Waals surface area contributed by atoms with Crippen molar-refractivity contribution in [3.8, 4) is 0 Å². The molecule has 4 N–H and O–H groups in total. The lowest BCUT2D eigenvalue weighted by atomic mass is 9.92. The van der Waals surface area contributed by atoms with Gasteiger partial charge in [0.2, 0.25) is 5.91 Å². The van der Waals surface area contributed by atoms with E-state index in [-0.39, 0.29) is 17.9 Å². The van der Waals surface area contributed by atoms with Crippen LogP contribution in [0.25, 0.3) is 0 Å². The van der Waals surface area contributed by atoms with Crippen LogP contribution >= 0.6 is 0 Å². The van der Waals surface area contributed by atoms with Gasteiger partial charge in [0.25, 0.3) is 5.91 Å². The van der Waals surface area contributed by atoms with Crippen LogP contribution in [-0.2, 0) is 4.79 Å². The van der Waals surface area contributed by atoms with Gasteiger partial charge in [-0.3, -0.25) is 9.59 Å². The monoisotopic (exact) mass is 261 g/mol. The van der Waals surface area contributed by atoms with E-state index in [1.807, 2.05) is 0 Å². The maximum absolute atomic E-state index is 12.2. The molecule has 2 atom stereocenters. The molecule has 1 aromatic carbocycles. The summed E-state index contributed by atoms with van der Waals surface area (Å²) < 4.78 is 0. The molecule has 0 saturated carbocycles. The molecule has 0 aromatic heterocycles. The predicted octanol–water partition coefficient (Wildman–Crippen LogP) is 1.11. The number of primary amides is 1. The highest BCUT2D eigenvalue weighted by atomic mass is 16.2. The molecular formula is C14H19N3O2. The van der Waals surface area contributed by atoms with E-state index in [0.717, 1.165) is 19.4 Å². The fourth-order valence-corrected chi connectivity index (χ4v) is 2.42. The number of para-hydroxylation sites is 1. The van der Waals surface area contributed by atoms with Gasteiger partial charge in [-0.1, -0.05) is 19.1 Å². The van der Waals surface area contributed by atoms with Crippen molar-refractivity contribution in [1.29, 1.82) is 0 Å². The van der Waals surface area contributed by atoms with Gasteiger partial charge in [0, 0.05) is 0 Å². The Morgan fingerprint density at radius 3 is 2.79 bits per heavy atom. The summed E-state index contributed by atoms with van der Waals surface area (Å²) in [5, 5.41) is 6.00. The van der Waals surface area contributed by atoms with Crippen molar-refractivity contribution in [3.05, 3.63) is 29.8 Å². The van der Waals surface area contributed by atoms with Crippen molar-refractivity contribution in [3.63, 3.8) is 0 Å². The van der Waals surface area contributed by atoms with Gasteiger partial charge >= 0.3 is 0 Å². The predicted molar refractivity (Wildman–Crippen MR) is 73.8 cm³/mol. The van der Waals surface area contributed by atoms with Gasteiger partial charge in [0.05, 0.1) is 17.3 Å². The Bertz CT molecular complexity index is 487. The molecule has 1 aliphatic rings. The molecule has 1 fully saturated rings. The fraction of sp³-hybridized carbons (Fsp3) is 0.429. The molecular weight excluding hydrogens is 242 g/mol. The molecule has 102 valence electrons. The molecule has 1 aromatic rings. The highest BCUT2D eigenvalue weighted by Crippen LogP contribution is 2.19. The third-order valence-electron chi connectivity index (χ3n) is 3.50. The normalized spacial score (nSPS) is 22.8. The Kier molecular flexibility index (Phi) is 4.16. The van der Waals surface area contributed by atoms with E-state index < -0.39 is 5.91 Å². The second kappa shape index (κ2) is 5.84. The molecule has 5 heteroatoms. The number of carbonyl (C=O) groups is 2. The van der Waals surface area contributed by atoms with E-state index in [4.69, 9.17) is 5.73 Å². The van der Waals surface area contributed by atoms with Crippen LogP contribution in [0.4, 0.5) is 5.69 Å². The van der Waals surface area contributed by atoms with Gasteiger partial charge in [-0.2, -0.15) is 0 Å². The molecule has 1 heterocycles. The number of piperidine rings is 1. The SMILES string of the molecule is CC1CCCNC1C(=O)Nc1ccccc1C(N)=O. The van der Waals surface area contributed by atoms with E-state index in [1.54, 1.807) is 24.3 Å². The minimum atomic E-state index is -0.541. The van der Waals surface area contributed by atoms with E-state index in [9.17, 15) is 9.59 Å². The number of carbonyl (C=O) groups excluding carboxylic acids is 2. The summed E-state index contributed by atoms with van der Waals surface area (Å²) in [6.07, 6.45) is 2.12. The number of rotatable bonds is 3. The second-order valence-corrected chi connectivity index (χ2v) is 4.95.